The zero-order valence-electron chi connectivity index (χ0n) is 12.9. The summed E-state index contributed by atoms with van der Waals surface area (Å²) in [6.45, 7) is 0. The summed E-state index contributed by atoms with van der Waals surface area (Å²) in [6, 6.07) is 23.2. The van der Waals surface area contributed by atoms with E-state index in [1.165, 1.54) is 0 Å². The lowest BCUT2D eigenvalue weighted by atomic mass is 10.2. The number of para-hydroxylation sites is 1. The van der Waals surface area contributed by atoms with Crippen LogP contribution in [0.5, 0.6) is 5.75 Å². The predicted octanol–water partition coefficient (Wildman–Crippen LogP) is 4.40. The molecule has 0 radical (unpaired) electrons. The normalized spacial score (nSPS) is 10.7. The van der Waals surface area contributed by atoms with Crippen LogP contribution in [0.25, 0.3) is 0 Å². The van der Waals surface area contributed by atoms with Crippen molar-refractivity contribution in [1.82, 2.24) is 0 Å². The quantitative estimate of drug-likeness (QED) is 0.701. The van der Waals surface area contributed by atoms with Crippen LogP contribution in [0.15, 0.2) is 83.9 Å². The Morgan fingerprint density at radius 3 is 2.25 bits per heavy atom. The fourth-order valence-corrected chi connectivity index (χ4v) is 2.16. The number of rotatable bonds is 4. The Morgan fingerprint density at radius 2 is 1.54 bits per heavy atom. The van der Waals surface area contributed by atoms with Crippen molar-refractivity contribution in [1.29, 1.82) is 0 Å². The summed E-state index contributed by atoms with van der Waals surface area (Å²) < 4.78 is 0. The molecule has 0 unspecified atom stereocenters. The van der Waals surface area contributed by atoms with Crippen LogP contribution in [0.4, 0.5) is 11.4 Å². The maximum Gasteiger partial charge on any atom is 0.255 e. The Hall–Kier alpha value is -3.40. The lowest BCUT2D eigenvalue weighted by Gasteiger charge is -2.05. The molecular formula is C20H16N2O2. The first-order valence-corrected chi connectivity index (χ1v) is 7.51. The van der Waals surface area contributed by atoms with E-state index in [0.717, 1.165) is 5.69 Å². The van der Waals surface area contributed by atoms with Crippen LogP contribution >= 0.6 is 0 Å². The minimum absolute atomic E-state index is 0.152. The number of carbonyl (C=O) groups is 1. The van der Waals surface area contributed by atoms with E-state index >= 15 is 0 Å². The highest BCUT2D eigenvalue weighted by Crippen LogP contribution is 2.19. The van der Waals surface area contributed by atoms with Gasteiger partial charge in [-0.2, -0.15) is 0 Å². The predicted molar refractivity (Wildman–Crippen MR) is 96.2 cm³/mol. The van der Waals surface area contributed by atoms with Gasteiger partial charge in [-0.25, -0.2) is 0 Å². The number of anilines is 1. The standard InChI is InChI=1S/C20H16N2O2/c23-19-9-5-4-8-16(19)14-21-17-10-12-18(13-11-17)22-20(24)15-6-2-1-3-7-15/h1-14,23H,(H,22,24). The van der Waals surface area contributed by atoms with E-state index < -0.39 is 0 Å². The van der Waals surface area contributed by atoms with Gasteiger partial charge in [0.25, 0.3) is 5.91 Å². The van der Waals surface area contributed by atoms with Gasteiger partial charge in [0.15, 0.2) is 0 Å². The summed E-state index contributed by atoms with van der Waals surface area (Å²) >= 11 is 0. The highest BCUT2D eigenvalue weighted by Gasteiger charge is 2.04. The second-order valence-electron chi connectivity index (χ2n) is 5.18. The molecule has 0 atom stereocenters. The first-order valence-electron chi connectivity index (χ1n) is 7.51. The monoisotopic (exact) mass is 316 g/mol. The van der Waals surface area contributed by atoms with E-state index in [-0.39, 0.29) is 11.7 Å². The van der Waals surface area contributed by atoms with Crippen LogP contribution in [0.1, 0.15) is 15.9 Å². The number of nitrogens with one attached hydrogen (secondary N) is 1. The number of aromatic hydroxyl groups is 1. The zero-order chi connectivity index (χ0) is 16.8. The fraction of sp³-hybridized carbons (Fsp3) is 0. The Labute approximate surface area is 140 Å². The molecule has 4 heteroatoms. The lowest BCUT2D eigenvalue weighted by Crippen LogP contribution is -2.11. The molecule has 0 heterocycles. The molecule has 0 fully saturated rings. The molecule has 4 nitrogen and oxygen atoms in total. The molecule has 0 aliphatic rings. The summed E-state index contributed by atoms with van der Waals surface area (Å²) in [6.07, 6.45) is 1.60. The van der Waals surface area contributed by atoms with Crippen molar-refractivity contribution < 1.29 is 9.90 Å². The molecule has 0 saturated carbocycles. The van der Waals surface area contributed by atoms with Gasteiger partial charge >= 0.3 is 0 Å². The molecule has 0 bridgehead atoms. The Bertz CT molecular complexity index is 856. The molecule has 3 aromatic carbocycles. The van der Waals surface area contributed by atoms with E-state index in [1.54, 1.807) is 60.8 Å². The van der Waals surface area contributed by atoms with Crippen LogP contribution in [0.2, 0.25) is 0 Å². The van der Waals surface area contributed by atoms with Gasteiger partial charge in [0.1, 0.15) is 5.75 Å². The summed E-state index contributed by atoms with van der Waals surface area (Å²) in [7, 11) is 0. The molecular weight excluding hydrogens is 300 g/mol. The summed E-state index contributed by atoms with van der Waals surface area (Å²) in [5.74, 6) is 0.0362. The molecule has 1 amide bonds. The number of carbonyl (C=O) groups excluding carboxylic acids is 1. The third kappa shape index (κ3) is 3.87. The average molecular weight is 316 g/mol. The van der Waals surface area contributed by atoms with Crippen LogP contribution in [0, 0.1) is 0 Å². The molecule has 24 heavy (non-hydrogen) atoms. The first kappa shape index (κ1) is 15.5. The van der Waals surface area contributed by atoms with Crippen molar-refractivity contribution in [3.63, 3.8) is 0 Å². The molecule has 2 N–H and O–H groups in total. The molecule has 3 aromatic rings. The third-order valence-electron chi connectivity index (χ3n) is 3.45. The van der Waals surface area contributed by atoms with Gasteiger partial charge in [-0.3, -0.25) is 9.79 Å². The number of phenols is 1. The van der Waals surface area contributed by atoms with Gasteiger partial charge in [-0.15, -0.1) is 0 Å². The highest BCUT2D eigenvalue weighted by atomic mass is 16.3. The van der Waals surface area contributed by atoms with Gasteiger partial charge < -0.3 is 10.4 Å². The Morgan fingerprint density at radius 1 is 0.875 bits per heavy atom. The summed E-state index contributed by atoms with van der Waals surface area (Å²) in [5.41, 5.74) is 2.69. The minimum atomic E-state index is -0.152. The van der Waals surface area contributed by atoms with Crippen LogP contribution < -0.4 is 5.32 Å². The SMILES string of the molecule is O=C(Nc1ccc(N=Cc2ccccc2O)cc1)c1ccccc1. The fourth-order valence-electron chi connectivity index (χ4n) is 2.16. The Kier molecular flexibility index (Phi) is 4.68. The number of aliphatic imine (C=N–C) groups is 1. The molecule has 3 rings (SSSR count). The van der Waals surface area contributed by atoms with Crippen LogP contribution in [0.3, 0.4) is 0 Å². The van der Waals surface area contributed by atoms with Crippen molar-refractivity contribution in [3.05, 3.63) is 90.0 Å². The van der Waals surface area contributed by atoms with Gasteiger partial charge in [0.05, 0.1) is 5.69 Å². The summed E-state index contributed by atoms with van der Waals surface area (Å²) in [4.78, 5) is 16.4. The molecule has 0 aliphatic carbocycles. The van der Waals surface area contributed by atoms with Gasteiger partial charge in [-0.1, -0.05) is 30.3 Å². The second-order valence-corrected chi connectivity index (χ2v) is 5.18. The van der Waals surface area contributed by atoms with Crippen LogP contribution in [-0.2, 0) is 0 Å². The van der Waals surface area contributed by atoms with Crippen LogP contribution in [-0.4, -0.2) is 17.2 Å². The van der Waals surface area contributed by atoms with Crippen molar-refractivity contribution in [2.45, 2.75) is 0 Å². The second kappa shape index (κ2) is 7.24. The van der Waals surface area contributed by atoms with E-state index in [1.807, 2.05) is 24.3 Å². The number of benzene rings is 3. The Balaban J connectivity index is 1.67. The average Bonchev–Trinajstić information content (AvgIpc) is 2.63. The van der Waals surface area contributed by atoms with Crippen molar-refractivity contribution >= 4 is 23.5 Å². The third-order valence-corrected chi connectivity index (χ3v) is 3.45. The summed E-state index contributed by atoms with van der Waals surface area (Å²) in [5, 5.41) is 12.5. The lowest BCUT2D eigenvalue weighted by molar-refractivity contribution is 0.102. The minimum Gasteiger partial charge on any atom is -0.507 e. The first-order chi connectivity index (χ1) is 11.7. The number of hydrogen-bond donors (Lipinski definition) is 2. The van der Waals surface area contributed by atoms with E-state index in [0.29, 0.717) is 16.8 Å². The topological polar surface area (TPSA) is 61.7 Å². The number of phenolic OH excluding ortho intramolecular Hbond substituents is 1. The van der Waals surface area contributed by atoms with Crippen molar-refractivity contribution in [3.8, 4) is 5.75 Å². The van der Waals surface area contributed by atoms with Gasteiger partial charge in [-0.05, 0) is 48.5 Å². The molecule has 118 valence electrons. The molecule has 0 saturated heterocycles. The highest BCUT2D eigenvalue weighted by molar-refractivity contribution is 6.04. The van der Waals surface area contributed by atoms with E-state index in [4.69, 9.17) is 0 Å². The van der Waals surface area contributed by atoms with Gasteiger partial charge in [0.2, 0.25) is 0 Å². The maximum atomic E-state index is 12.1. The number of hydrogen-bond acceptors (Lipinski definition) is 3. The van der Waals surface area contributed by atoms with Crippen molar-refractivity contribution in [2.75, 3.05) is 5.32 Å². The zero-order valence-corrected chi connectivity index (χ0v) is 12.9. The van der Waals surface area contributed by atoms with E-state index in [2.05, 4.69) is 10.3 Å². The largest absolute Gasteiger partial charge is 0.507 e. The van der Waals surface area contributed by atoms with E-state index in [9.17, 15) is 9.90 Å². The van der Waals surface area contributed by atoms with Crippen molar-refractivity contribution in [2.24, 2.45) is 4.99 Å². The number of nitrogens with zero attached hydrogens (tertiary/aromatic N) is 1. The molecule has 0 aromatic heterocycles. The molecule has 0 aliphatic heterocycles. The smallest absolute Gasteiger partial charge is 0.255 e. The van der Waals surface area contributed by atoms with Gasteiger partial charge in [0, 0.05) is 23.0 Å². The molecule has 0 spiro atoms. The number of amides is 1. The maximum absolute atomic E-state index is 12.1.